The van der Waals surface area contributed by atoms with E-state index in [1.165, 1.54) is 30.1 Å². The summed E-state index contributed by atoms with van der Waals surface area (Å²) in [6.07, 6.45) is 0.390. The maximum absolute atomic E-state index is 12.4. The number of anilines is 1. The van der Waals surface area contributed by atoms with Crippen molar-refractivity contribution in [2.24, 2.45) is 0 Å². The van der Waals surface area contributed by atoms with Crippen LogP contribution in [0, 0.1) is 10.1 Å². The summed E-state index contributed by atoms with van der Waals surface area (Å²) in [6.45, 7) is 0. The molecular formula is C13H17N3O5S. The first kappa shape index (κ1) is 16.2. The van der Waals surface area contributed by atoms with Crippen LogP contribution in [0.25, 0.3) is 0 Å². The van der Waals surface area contributed by atoms with Crippen molar-refractivity contribution in [3.63, 3.8) is 0 Å². The molecule has 1 atom stereocenters. The lowest BCUT2D eigenvalue weighted by molar-refractivity contribution is -0.384. The molecule has 1 aliphatic heterocycles. The highest BCUT2D eigenvalue weighted by molar-refractivity contribution is 7.91. The van der Waals surface area contributed by atoms with Gasteiger partial charge in [0.1, 0.15) is 5.69 Å². The van der Waals surface area contributed by atoms with E-state index in [1.807, 2.05) is 0 Å². The third-order valence-electron chi connectivity index (χ3n) is 3.79. The Morgan fingerprint density at radius 2 is 2.14 bits per heavy atom. The number of amides is 1. The molecule has 120 valence electrons. The Kier molecular flexibility index (Phi) is 4.36. The summed E-state index contributed by atoms with van der Waals surface area (Å²) in [5.74, 6) is -0.423. The maximum atomic E-state index is 12.4. The van der Waals surface area contributed by atoms with E-state index < -0.39 is 20.7 Å². The van der Waals surface area contributed by atoms with Gasteiger partial charge in [-0.25, -0.2) is 8.42 Å². The van der Waals surface area contributed by atoms with E-state index in [2.05, 4.69) is 5.32 Å². The monoisotopic (exact) mass is 327 g/mol. The maximum Gasteiger partial charge on any atom is 0.293 e. The molecule has 0 saturated carbocycles. The smallest absolute Gasteiger partial charge is 0.293 e. The van der Waals surface area contributed by atoms with Crippen molar-refractivity contribution in [3.05, 3.63) is 33.9 Å². The predicted molar refractivity (Wildman–Crippen MR) is 81.8 cm³/mol. The SMILES string of the molecule is CNc1ccc(C(=O)N(C)[C@@H]2CCS(=O)(=O)C2)cc1[N+](=O)[O-]. The lowest BCUT2D eigenvalue weighted by atomic mass is 10.1. The summed E-state index contributed by atoms with van der Waals surface area (Å²) >= 11 is 0. The normalized spacial score (nSPS) is 19.6. The van der Waals surface area contributed by atoms with Gasteiger partial charge >= 0.3 is 0 Å². The minimum atomic E-state index is -3.10. The van der Waals surface area contributed by atoms with Crippen LogP contribution < -0.4 is 5.32 Å². The second-order valence-corrected chi connectivity index (χ2v) is 7.44. The standard InChI is InChI=1S/C13H17N3O5S/c1-14-11-4-3-9(7-12(11)16(18)19)13(17)15(2)10-5-6-22(20,21)8-10/h3-4,7,10,14H,5-6,8H2,1-2H3/t10-/m1/s1. The van der Waals surface area contributed by atoms with E-state index in [9.17, 15) is 23.3 Å². The molecule has 22 heavy (non-hydrogen) atoms. The number of nitrogens with zero attached hydrogens (tertiary/aromatic N) is 2. The molecule has 0 bridgehead atoms. The lowest BCUT2D eigenvalue weighted by Crippen LogP contribution is -2.37. The van der Waals surface area contributed by atoms with Gasteiger partial charge in [0.25, 0.3) is 11.6 Å². The Labute approximate surface area is 128 Å². The van der Waals surface area contributed by atoms with Crippen LogP contribution in [-0.4, -0.2) is 55.8 Å². The minimum Gasteiger partial charge on any atom is -0.383 e. The Balaban J connectivity index is 2.26. The minimum absolute atomic E-state index is 0.0636. The third-order valence-corrected chi connectivity index (χ3v) is 5.54. The average molecular weight is 327 g/mol. The number of hydrogen-bond donors (Lipinski definition) is 1. The van der Waals surface area contributed by atoms with Crippen LogP contribution in [-0.2, 0) is 9.84 Å². The molecule has 1 heterocycles. The van der Waals surface area contributed by atoms with Crippen molar-refractivity contribution >= 4 is 27.1 Å². The summed E-state index contributed by atoms with van der Waals surface area (Å²) in [5.41, 5.74) is 0.283. The lowest BCUT2D eigenvalue weighted by Gasteiger charge is -2.23. The number of nitrogens with one attached hydrogen (secondary N) is 1. The molecule has 0 aromatic heterocycles. The van der Waals surface area contributed by atoms with E-state index in [0.29, 0.717) is 12.1 Å². The quantitative estimate of drug-likeness (QED) is 0.650. The molecule has 8 nitrogen and oxygen atoms in total. The third kappa shape index (κ3) is 3.19. The molecule has 2 rings (SSSR count). The Bertz CT molecular complexity index is 716. The zero-order valence-corrected chi connectivity index (χ0v) is 13.1. The van der Waals surface area contributed by atoms with Crippen molar-refractivity contribution in [3.8, 4) is 0 Å². The van der Waals surface area contributed by atoms with Crippen LogP contribution in [0.2, 0.25) is 0 Å². The predicted octanol–water partition coefficient (Wildman–Crippen LogP) is 0.896. The fraction of sp³-hybridized carbons (Fsp3) is 0.462. The van der Waals surface area contributed by atoms with Crippen molar-refractivity contribution in [2.75, 3.05) is 30.9 Å². The fourth-order valence-corrected chi connectivity index (χ4v) is 4.25. The summed E-state index contributed by atoms with van der Waals surface area (Å²) in [5, 5.41) is 13.7. The molecule has 9 heteroatoms. The molecule has 1 fully saturated rings. The number of hydrogen-bond acceptors (Lipinski definition) is 6. The molecule has 1 N–H and O–H groups in total. The molecule has 1 aliphatic rings. The summed E-state index contributed by atoms with van der Waals surface area (Å²) in [4.78, 5) is 24.2. The van der Waals surface area contributed by atoms with Crippen LogP contribution in [0.3, 0.4) is 0 Å². The number of sulfone groups is 1. The van der Waals surface area contributed by atoms with Crippen LogP contribution in [0.5, 0.6) is 0 Å². The van der Waals surface area contributed by atoms with E-state index in [1.54, 1.807) is 7.05 Å². The number of rotatable bonds is 4. The molecule has 0 aliphatic carbocycles. The number of nitro groups is 1. The molecule has 1 aromatic rings. The van der Waals surface area contributed by atoms with Gasteiger partial charge in [-0.05, 0) is 18.6 Å². The second kappa shape index (κ2) is 5.91. The van der Waals surface area contributed by atoms with Crippen molar-refractivity contribution in [2.45, 2.75) is 12.5 Å². The van der Waals surface area contributed by atoms with Gasteiger partial charge in [0, 0.05) is 31.8 Å². The molecule has 0 spiro atoms. The molecule has 0 radical (unpaired) electrons. The topological polar surface area (TPSA) is 110 Å². The highest BCUT2D eigenvalue weighted by atomic mass is 32.2. The number of nitro benzene ring substituents is 1. The first-order chi connectivity index (χ1) is 10.2. The Morgan fingerprint density at radius 3 is 2.64 bits per heavy atom. The van der Waals surface area contributed by atoms with Crippen molar-refractivity contribution < 1.29 is 18.1 Å². The first-order valence-electron chi connectivity index (χ1n) is 6.69. The van der Waals surface area contributed by atoms with Gasteiger partial charge in [0.2, 0.25) is 0 Å². The molecule has 1 amide bonds. The number of benzene rings is 1. The molecule has 1 saturated heterocycles. The van der Waals surface area contributed by atoms with Crippen LogP contribution in [0.4, 0.5) is 11.4 Å². The van der Waals surface area contributed by atoms with Gasteiger partial charge in [-0.15, -0.1) is 0 Å². The van der Waals surface area contributed by atoms with Gasteiger partial charge in [-0.2, -0.15) is 0 Å². The van der Waals surface area contributed by atoms with Crippen molar-refractivity contribution in [1.29, 1.82) is 0 Å². The van der Waals surface area contributed by atoms with E-state index >= 15 is 0 Å². The van der Waals surface area contributed by atoms with Crippen LogP contribution in [0.15, 0.2) is 18.2 Å². The van der Waals surface area contributed by atoms with Gasteiger partial charge in [0.15, 0.2) is 9.84 Å². The zero-order valence-electron chi connectivity index (χ0n) is 12.3. The van der Waals surface area contributed by atoms with Gasteiger partial charge < -0.3 is 10.2 Å². The highest BCUT2D eigenvalue weighted by Gasteiger charge is 2.33. The van der Waals surface area contributed by atoms with E-state index in [4.69, 9.17) is 0 Å². The number of carbonyl (C=O) groups is 1. The molecule has 0 unspecified atom stereocenters. The first-order valence-corrected chi connectivity index (χ1v) is 8.51. The average Bonchev–Trinajstić information content (AvgIpc) is 2.85. The Morgan fingerprint density at radius 1 is 1.45 bits per heavy atom. The van der Waals surface area contributed by atoms with Gasteiger partial charge in [-0.3, -0.25) is 14.9 Å². The molecule has 1 aromatic carbocycles. The van der Waals surface area contributed by atoms with Gasteiger partial charge in [-0.1, -0.05) is 0 Å². The van der Waals surface area contributed by atoms with Gasteiger partial charge in [0.05, 0.1) is 16.4 Å². The van der Waals surface area contributed by atoms with Crippen molar-refractivity contribution in [1.82, 2.24) is 4.90 Å². The van der Waals surface area contributed by atoms with E-state index in [0.717, 1.165) is 0 Å². The zero-order chi connectivity index (χ0) is 16.5. The largest absolute Gasteiger partial charge is 0.383 e. The summed E-state index contributed by atoms with van der Waals surface area (Å²) in [6, 6.07) is 3.76. The highest BCUT2D eigenvalue weighted by Crippen LogP contribution is 2.26. The van der Waals surface area contributed by atoms with Crippen LogP contribution in [0.1, 0.15) is 16.8 Å². The summed E-state index contributed by atoms with van der Waals surface area (Å²) < 4.78 is 23.0. The molecular weight excluding hydrogens is 310 g/mol. The van der Waals surface area contributed by atoms with E-state index in [-0.39, 0.29) is 28.8 Å². The van der Waals surface area contributed by atoms with Crippen LogP contribution >= 0.6 is 0 Å². The fourth-order valence-electron chi connectivity index (χ4n) is 2.48. The summed E-state index contributed by atoms with van der Waals surface area (Å²) in [7, 11) is -0.0262. The number of carbonyl (C=O) groups excluding carboxylic acids is 1. The second-order valence-electron chi connectivity index (χ2n) is 5.21. The Hall–Kier alpha value is -2.16.